The first kappa shape index (κ1) is 44.3. The Labute approximate surface area is 242 Å². The molecule has 46 heavy (non-hydrogen) atoms. The van der Waals surface area contributed by atoms with E-state index in [1.54, 1.807) is 0 Å². The average molecular weight is 742 g/mol. The predicted molar refractivity (Wildman–Crippen MR) is 106 cm³/mol. The van der Waals surface area contributed by atoms with Crippen LogP contribution < -0.4 is 0 Å². The Morgan fingerprint density at radius 1 is 0.326 bits per heavy atom. The van der Waals surface area contributed by atoms with Crippen LogP contribution >= 0.6 is 0 Å². The van der Waals surface area contributed by atoms with Crippen LogP contribution in [0.2, 0.25) is 0 Å². The number of hydrogen-bond donors (Lipinski definition) is 0. The fourth-order valence-electron chi connectivity index (χ4n) is 5.89. The van der Waals surface area contributed by atoms with Gasteiger partial charge in [-0.05, 0) is 12.3 Å². The molecule has 0 amide bonds. The van der Waals surface area contributed by atoms with Crippen LogP contribution in [0.15, 0.2) is 0 Å². The van der Waals surface area contributed by atoms with Gasteiger partial charge in [0, 0.05) is 5.41 Å². The first-order valence-corrected chi connectivity index (χ1v) is 12.4. The average Bonchev–Trinajstić information content (AvgIpc) is 2.66. The first-order chi connectivity index (χ1) is 19.9. The molecule has 0 aromatic rings. The Balaban J connectivity index is 9.19. The van der Waals surface area contributed by atoms with E-state index < -0.39 is 110 Å². The molecule has 0 saturated carbocycles. The number of rotatable bonds is 12. The zero-order valence-corrected chi connectivity index (χ0v) is 22.4. The van der Waals surface area contributed by atoms with Gasteiger partial charge in [0.15, 0.2) is 23.7 Å². The van der Waals surface area contributed by atoms with Crippen LogP contribution in [0.4, 0.5) is 105 Å². The molecule has 0 aromatic carbocycles. The van der Waals surface area contributed by atoms with Crippen molar-refractivity contribution in [2.75, 3.05) is 0 Å². The maximum Gasteiger partial charge on any atom is 0.401 e. The zero-order valence-electron chi connectivity index (χ0n) is 22.4. The number of alkyl halides is 24. The quantitative estimate of drug-likeness (QED) is 0.138. The van der Waals surface area contributed by atoms with Crippen molar-refractivity contribution in [3.63, 3.8) is 0 Å². The van der Waals surface area contributed by atoms with Crippen molar-refractivity contribution >= 4 is 0 Å². The summed E-state index contributed by atoms with van der Waals surface area (Å²) in [6.45, 7) is 1.46. The third-order valence-electron chi connectivity index (χ3n) is 7.08. The standard InChI is InChI=1S/C22H22F24/c1-2-3-4-5-6-7-8-9(10(15(23,24)25)16(26,27)28)14(11(17(29,30)31)18(32,33)34,12(19(35,36)37)20(38,39)40)13(21(41,42)43)22(44,45)46/h9-13H,2-8H2,1H3. The molecule has 0 bridgehead atoms. The molecule has 0 nitrogen and oxygen atoms in total. The summed E-state index contributed by atoms with van der Waals surface area (Å²) in [6, 6.07) is 0. The smallest absolute Gasteiger partial charge is 0.170 e. The lowest BCUT2D eigenvalue weighted by Gasteiger charge is -2.57. The molecule has 1 atom stereocenters. The third-order valence-corrected chi connectivity index (χ3v) is 7.08. The second kappa shape index (κ2) is 14.0. The van der Waals surface area contributed by atoms with Crippen LogP contribution in [0.1, 0.15) is 51.9 Å². The van der Waals surface area contributed by atoms with Gasteiger partial charge in [0.25, 0.3) is 0 Å². The second-order valence-corrected chi connectivity index (χ2v) is 10.3. The van der Waals surface area contributed by atoms with Gasteiger partial charge in [-0.1, -0.05) is 45.4 Å². The van der Waals surface area contributed by atoms with Crippen LogP contribution in [-0.2, 0) is 0 Å². The van der Waals surface area contributed by atoms with Gasteiger partial charge in [-0.25, -0.2) is 0 Å². The summed E-state index contributed by atoms with van der Waals surface area (Å²) in [6.07, 6.45) is -71.0. The monoisotopic (exact) mass is 742 g/mol. The van der Waals surface area contributed by atoms with Crippen LogP contribution in [0, 0.1) is 35.0 Å². The van der Waals surface area contributed by atoms with E-state index in [-0.39, 0.29) is 19.3 Å². The molecule has 278 valence electrons. The predicted octanol–water partition coefficient (Wildman–Crippen LogP) is 12.3. The minimum Gasteiger partial charge on any atom is -0.170 e. The summed E-state index contributed by atoms with van der Waals surface area (Å²) in [7, 11) is 0. The van der Waals surface area contributed by atoms with E-state index >= 15 is 0 Å². The van der Waals surface area contributed by atoms with Gasteiger partial charge >= 0.3 is 49.4 Å². The second-order valence-electron chi connectivity index (χ2n) is 10.3. The highest BCUT2D eigenvalue weighted by Crippen LogP contribution is 2.73. The van der Waals surface area contributed by atoms with E-state index in [4.69, 9.17) is 0 Å². The molecular weight excluding hydrogens is 720 g/mol. The molecule has 0 rings (SSSR count). The van der Waals surface area contributed by atoms with Gasteiger partial charge in [-0.15, -0.1) is 0 Å². The molecule has 0 aliphatic heterocycles. The first-order valence-electron chi connectivity index (χ1n) is 12.4. The van der Waals surface area contributed by atoms with Gasteiger partial charge in [0.1, 0.15) is 0 Å². The molecule has 24 heteroatoms. The summed E-state index contributed by atoms with van der Waals surface area (Å²) in [5, 5.41) is 0. The molecular formula is C22H22F24. The largest absolute Gasteiger partial charge is 0.401 e. The molecule has 1 unspecified atom stereocenters. The van der Waals surface area contributed by atoms with Crippen molar-refractivity contribution in [2.45, 2.75) is 101 Å². The van der Waals surface area contributed by atoms with Crippen LogP contribution in [-0.4, -0.2) is 49.4 Å². The van der Waals surface area contributed by atoms with E-state index in [1.165, 1.54) is 6.92 Å². The molecule has 0 fully saturated rings. The van der Waals surface area contributed by atoms with Crippen molar-refractivity contribution in [3.8, 4) is 0 Å². The fraction of sp³-hybridized carbons (Fsp3) is 1.00. The summed E-state index contributed by atoms with van der Waals surface area (Å²) >= 11 is 0. The summed E-state index contributed by atoms with van der Waals surface area (Å²) in [5.41, 5.74) is -8.14. The van der Waals surface area contributed by atoms with Crippen molar-refractivity contribution in [2.24, 2.45) is 35.0 Å². The SMILES string of the molecule is CCCCCCCCC(C(C(F)(F)F)C(F)(F)F)C(C(C(F)(F)F)C(F)(F)F)(C(C(F)(F)F)C(F)(F)F)C(C(F)(F)F)C(F)(F)F. The molecule has 0 aromatic heterocycles. The van der Waals surface area contributed by atoms with Gasteiger partial charge in [0.2, 0.25) is 0 Å². The third kappa shape index (κ3) is 10.7. The van der Waals surface area contributed by atoms with Crippen molar-refractivity contribution in [3.05, 3.63) is 0 Å². The molecule has 0 aliphatic rings. The van der Waals surface area contributed by atoms with Crippen LogP contribution in [0.25, 0.3) is 0 Å². The van der Waals surface area contributed by atoms with Crippen LogP contribution in [0.3, 0.4) is 0 Å². The van der Waals surface area contributed by atoms with E-state index in [0.717, 1.165) is 0 Å². The summed E-state index contributed by atoms with van der Waals surface area (Å²) in [4.78, 5) is 0. The topological polar surface area (TPSA) is 0 Å². The fourth-order valence-corrected chi connectivity index (χ4v) is 5.89. The number of hydrogen-bond acceptors (Lipinski definition) is 0. The number of unbranched alkanes of at least 4 members (excludes halogenated alkanes) is 5. The Kier molecular flexibility index (Phi) is 13.5. The summed E-state index contributed by atoms with van der Waals surface area (Å²) < 4.78 is 335. The van der Waals surface area contributed by atoms with Crippen molar-refractivity contribution < 1.29 is 105 Å². The van der Waals surface area contributed by atoms with E-state index in [1.807, 2.05) is 0 Å². The van der Waals surface area contributed by atoms with Gasteiger partial charge < -0.3 is 0 Å². The lowest BCUT2D eigenvalue weighted by atomic mass is 9.48. The molecule has 0 spiro atoms. The van der Waals surface area contributed by atoms with Crippen molar-refractivity contribution in [1.29, 1.82) is 0 Å². The highest BCUT2D eigenvalue weighted by molar-refractivity contribution is 5.14. The lowest BCUT2D eigenvalue weighted by molar-refractivity contribution is -0.450. The van der Waals surface area contributed by atoms with Gasteiger partial charge in [0.05, 0.1) is 0 Å². The minimum absolute atomic E-state index is 0.125. The normalized spacial score (nSPS) is 16.4. The van der Waals surface area contributed by atoms with Crippen LogP contribution in [0.5, 0.6) is 0 Å². The Bertz CT molecular complexity index is 783. The van der Waals surface area contributed by atoms with Gasteiger partial charge in [-0.2, -0.15) is 105 Å². The maximum atomic E-state index is 14.0. The molecule has 0 heterocycles. The van der Waals surface area contributed by atoms with Crippen molar-refractivity contribution in [1.82, 2.24) is 0 Å². The summed E-state index contributed by atoms with van der Waals surface area (Å²) in [5.74, 6) is -34.5. The van der Waals surface area contributed by atoms with Gasteiger partial charge in [-0.3, -0.25) is 0 Å². The maximum absolute atomic E-state index is 14.0. The minimum atomic E-state index is -8.23. The molecule has 0 radical (unpaired) electrons. The lowest BCUT2D eigenvalue weighted by Crippen LogP contribution is -2.72. The van der Waals surface area contributed by atoms with E-state index in [9.17, 15) is 105 Å². The molecule has 0 aliphatic carbocycles. The highest BCUT2D eigenvalue weighted by atomic mass is 19.4. The zero-order chi connectivity index (χ0) is 37.3. The Morgan fingerprint density at radius 3 is 0.783 bits per heavy atom. The number of halogens is 24. The van der Waals surface area contributed by atoms with E-state index in [2.05, 4.69) is 0 Å². The van der Waals surface area contributed by atoms with E-state index in [0.29, 0.717) is 0 Å². The Hall–Kier alpha value is -1.68. The molecule has 0 N–H and O–H groups in total. The Morgan fingerprint density at radius 2 is 0.565 bits per heavy atom. The highest BCUT2D eigenvalue weighted by Gasteiger charge is 2.88. The molecule has 0 saturated heterocycles.